The molecule has 0 aromatic carbocycles. The van der Waals surface area contributed by atoms with E-state index in [2.05, 4.69) is 10.5 Å². The van der Waals surface area contributed by atoms with Crippen LogP contribution in [0.2, 0.25) is 0 Å². The second kappa shape index (κ2) is 4.53. The summed E-state index contributed by atoms with van der Waals surface area (Å²) >= 11 is 0. The zero-order chi connectivity index (χ0) is 11.6. The maximum Gasteiger partial charge on any atom is 0.0848 e. The minimum atomic E-state index is -0.0910. The quantitative estimate of drug-likeness (QED) is 0.560. The van der Waals surface area contributed by atoms with E-state index in [1.807, 2.05) is 24.0 Å². The number of nitrogens with one attached hydrogen (secondary N) is 1. The molecule has 1 aromatic heterocycles. The van der Waals surface area contributed by atoms with Gasteiger partial charge in [-0.25, -0.2) is 0 Å². The van der Waals surface area contributed by atoms with Crippen molar-refractivity contribution in [2.75, 3.05) is 7.11 Å². The van der Waals surface area contributed by atoms with Gasteiger partial charge in [0.2, 0.25) is 0 Å². The van der Waals surface area contributed by atoms with Gasteiger partial charge in [-0.2, -0.15) is 5.10 Å². The van der Waals surface area contributed by atoms with E-state index in [0.717, 1.165) is 25.0 Å². The van der Waals surface area contributed by atoms with Gasteiger partial charge in [0.25, 0.3) is 0 Å². The normalized spacial score (nSPS) is 20.4. The minimum absolute atomic E-state index is 0.0910. The molecule has 90 valence electrons. The number of methoxy groups -OCH3 is 1. The summed E-state index contributed by atoms with van der Waals surface area (Å²) in [6.07, 6.45) is 6.12. The Morgan fingerprint density at radius 2 is 2.44 bits per heavy atom. The number of hydrogen-bond acceptors (Lipinski definition) is 4. The molecule has 3 N–H and O–H groups in total. The smallest absolute Gasteiger partial charge is 0.0848 e. The summed E-state index contributed by atoms with van der Waals surface area (Å²) in [5, 5.41) is 4.37. The summed E-state index contributed by atoms with van der Waals surface area (Å²) in [4.78, 5) is 0. The van der Waals surface area contributed by atoms with Gasteiger partial charge in [-0.15, -0.1) is 0 Å². The number of aryl methyl sites for hydroxylation is 1. The van der Waals surface area contributed by atoms with Crippen molar-refractivity contribution in [1.29, 1.82) is 0 Å². The Labute approximate surface area is 95.9 Å². The fourth-order valence-corrected chi connectivity index (χ4v) is 2.40. The van der Waals surface area contributed by atoms with Crippen LogP contribution < -0.4 is 11.3 Å². The van der Waals surface area contributed by atoms with E-state index in [-0.39, 0.29) is 11.6 Å². The Kier molecular flexibility index (Phi) is 3.28. The molecule has 0 bridgehead atoms. The summed E-state index contributed by atoms with van der Waals surface area (Å²) in [5.41, 5.74) is 3.84. The number of ether oxygens (including phenoxy) is 1. The van der Waals surface area contributed by atoms with Crippen molar-refractivity contribution >= 4 is 0 Å². The first-order valence-corrected chi connectivity index (χ1v) is 5.70. The molecule has 1 fully saturated rings. The molecule has 16 heavy (non-hydrogen) atoms. The van der Waals surface area contributed by atoms with E-state index in [1.54, 1.807) is 7.11 Å². The number of aromatic nitrogens is 2. The largest absolute Gasteiger partial charge is 0.377 e. The third-order valence-corrected chi connectivity index (χ3v) is 3.62. The first kappa shape index (κ1) is 11.6. The molecule has 1 aliphatic rings. The maximum atomic E-state index is 5.63. The van der Waals surface area contributed by atoms with E-state index in [4.69, 9.17) is 10.6 Å². The summed E-state index contributed by atoms with van der Waals surface area (Å²) in [6.45, 7) is 0. The van der Waals surface area contributed by atoms with Crippen molar-refractivity contribution in [3.63, 3.8) is 0 Å². The van der Waals surface area contributed by atoms with E-state index in [1.165, 1.54) is 6.42 Å². The summed E-state index contributed by atoms with van der Waals surface area (Å²) in [5.74, 6) is 5.63. The molecule has 1 aliphatic carbocycles. The SMILES string of the molecule is COC1(C(Cc2ccn(C)n2)NN)CCC1. The molecule has 1 atom stereocenters. The predicted octanol–water partition coefficient (Wildman–Crippen LogP) is 0.364. The summed E-state index contributed by atoms with van der Waals surface area (Å²) in [7, 11) is 3.69. The maximum absolute atomic E-state index is 5.63. The fourth-order valence-electron chi connectivity index (χ4n) is 2.40. The van der Waals surface area contributed by atoms with Crippen LogP contribution in [0, 0.1) is 0 Å². The Morgan fingerprint density at radius 3 is 2.81 bits per heavy atom. The van der Waals surface area contributed by atoms with Crippen molar-refractivity contribution in [2.45, 2.75) is 37.3 Å². The van der Waals surface area contributed by atoms with Crippen LogP contribution in [-0.2, 0) is 18.2 Å². The van der Waals surface area contributed by atoms with Gasteiger partial charge in [0.1, 0.15) is 0 Å². The van der Waals surface area contributed by atoms with Crippen LogP contribution >= 0.6 is 0 Å². The molecule has 1 heterocycles. The zero-order valence-electron chi connectivity index (χ0n) is 9.94. The van der Waals surface area contributed by atoms with Gasteiger partial charge in [0.05, 0.1) is 17.3 Å². The van der Waals surface area contributed by atoms with Gasteiger partial charge in [0.15, 0.2) is 0 Å². The van der Waals surface area contributed by atoms with Gasteiger partial charge in [-0.05, 0) is 25.3 Å². The molecule has 1 unspecified atom stereocenters. The molecule has 2 rings (SSSR count). The molecule has 0 spiro atoms. The lowest BCUT2D eigenvalue weighted by molar-refractivity contribution is -0.0983. The molecule has 5 nitrogen and oxygen atoms in total. The van der Waals surface area contributed by atoms with Crippen molar-refractivity contribution in [2.24, 2.45) is 12.9 Å². The fraction of sp³-hybridized carbons (Fsp3) is 0.727. The average molecular weight is 224 g/mol. The molecular formula is C11H20N4O. The van der Waals surface area contributed by atoms with E-state index < -0.39 is 0 Å². The number of hydrazine groups is 1. The standard InChI is InChI=1S/C11H20N4O/c1-15-7-4-9(14-15)8-10(13-12)11(16-2)5-3-6-11/h4,7,10,13H,3,5-6,8,12H2,1-2H3. The van der Waals surface area contributed by atoms with Crippen LogP contribution in [0.15, 0.2) is 12.3 Å². The van der Waals surface area contributed by atoms with E-state index >= 15 is 0 Å². The van der Waals surface area contributed by atoms with E-state index in [9.17, 15) is 0 Å². The van der Waals surface area contributed by atoms with Gasteiger partial charge >= 0.3 is 0 Å². The minimum Gasteiger partial charge on any atom is -0.377 e. The lowest BCUT2D eigenvalue weighted by atomic mass is 9.73. The highest BCUT2D eigenvalue weighted by Gasteiger charge is 2.44. The van der Waals surface area contributed by atoms with Crippen LogP contribution in [-0.4, -0.2) is 28.5 Å². The highest BCUT2D eigenvalue weighted by atomic mass is 16.5. The van der Waals surface area contributed by atoms with Crippen LogP contribution in [0.5, 0.6) is 0 Å². The highest BCUT2D eigenvalue weighted by molar-refractivity contribution is 5.08. The zero-order valence-corrected chi connectivity index (χ0v) is 9.94. The second-order valence-corrected chi connectivity index (χ2v) is 4.53. The number of nitrogens with two attached hydrogens (primary N) is 1. The molecule has 5 heteroatoms. The Balaban J connectivity index is 2.05. The summed E-state index contributed by atoms with van der Waals surface area (Å²) in [6, 6.07) is 2.16. The molecule has 1 saturated carbocycles. The van der Waals surface area contributed by atoms with Crippen LogP contribution in [0.3, 0.4) is 0 Å². The second-order valence-electron chi connectivity index (χ2n) is 4.53. The number of hydrogen-bond donors (Lipinski definition) is 2. The predicted molar refractivity (Wildman–Crippen MR) is 61.6 cm³/mol. The molecule has 1 aromatic rings. The third kappa shape index (κ3) is 1.98. The third-order valence-electron chi connectivity index (χ3n) is 3.62. The highest BCUT2D eigenvalue weighted by Crippen LogP contribution is 2.38. The molecule has 0 aliphatic heterocycles. The van der Waals surface area contributed by atoms with Crippen LogP contribution in [0.4, 0.5) is 0 Å². The monoisotopic (exact) mass is 224 g/mol. The Hall–Kier alpha value is -0.910. The first-order chi connectivity index (χ1) is 7.70. The van der Waals surface area contributed by atoms with Gasteiger partial charge in [0, 0.05) is 26.8 Å². The van der Waals surface area contributed by atoms with Crippen molar-refractivity contribution < 1.29 is 4.74 Å². The Morgan fingerprint density at radius 1 is 1.69 bits per heavy atom. The van der Waals surface area contributed by atoms with Crippen LogP contribution in [0.25, 0.3) is 0 Å². The van der Waals surface area contributed by atoms with Crippen molar-refractivity contribution in [3.8, 4) is 0 Å². The molecule has 0 radical (unpaired) electrons. The van der Waals surface area contributed by atoms with Crippen molar-refractivity contribution in [1.82, 2.24) is 15.2 Å². The lowest BCUT2D eigenvalue weighted by Crippen LogP contribution is -2.59. The first-order valence-electron chi connectivity index (χ1n) is 5.70. The van der Waals surface area contributed by atoms with E-state index in [0.29, 0.717) is 0 Å². The van der Waals surface area contributed by atoms with Crippen LogP contribution in [0.1, 0.15) is 25.0 Å². The number of nitrogens with zero attached hydrogens (tertiary/aromatic N) is 2. The van der Waals surface area contributed by atoms with Gasteiger partial charge in [-0.3, -0.25) is 16.0 Å². The lowest BCUT2D eigenvalue weighted by Gasteiger charge is -2.46. The van der Waals surface area contributed by atoms with Crippen molar-refractivity contribution in [3.05, 3.63) is 18.0 Å². The topological polar surface area (TPSA) is 65.1 Å². The molecular weight excluding hydrogens is 204 g/mol. The number of rotatable bonds is 5. The Bertz CT molecular complexity index is 340. The van der Waals surface area contributed by atoms with Gasteiger partial charge in [-0.1, -0.05) is 0 Å². The molecule has 0 saturated heterocycles. The summed E-state index contributed by atoms with van der Waals surface area (Å²) < 4.78 is 7.44. The molecule has 0 amide bonds. The average Bonchev–Trinajstić information content (AvgIpc) is 2.61. The van der Waals surface area contributed by atoms with Gasteiger partial charge < -0.3 is 4.74 Å².